The van der Waals surface area contributed by atoms with Crippen LogP contribution in [0.4, 0.5) is 0 Å². The van der Waals surface area contributed by atoms with Crippen LogP contribution in [0.5, 0.6) is 0 Å². The lowest BCUT2D eigenvalue weighted by atomic mass is 10.2. The van der Waals surface area contributed by atoms with Crippen molar-refractivity contribution >= 4 is 11.9 Å². The fraction of sp³-hybridized carbons (Fsp3) is 0.778. The van der Waals surface area contributed by atoms with Gasteiger partial charge >= 0.3 is 5.97 Å². The molecule has 1 saturated heterocycles. The standard InChI is InChI=1S/C9H15NO5/c11-6(9(13)14)3-4-10-8(12)7-2-1-5-15-7/h6-7,11H,1-5H2,(H,10,12)(H,13,14)/t6?,7-/m0/s1. The van der Waals surface area contributed by atoms with Crippen LogP contribution in [0.2, 0.25) is 0 Å². The molecule has 2 atom stereocenters. The van der Waals surface area contributed by atoms with Crippen molar-refractivity contribution in [3.8, 4) is 0 Å². The van der Waals surface area contributed by atoms with E-state index in [1.165, 1.54) is 0 Å². The van der Waals surface area contributed by atoms with Crippen molar-refractivity contribution in [3.05, 3.63) is 0 Å². The lowest BCUT2D eigenvalue weighted by Crippen LogP contribution is -2.36. The number of rotatable bonds is 5. The summed E-state index contributed by atoms with van der Waals surface area (Å²) in [6.07, 6.45) is -0.251. The van der Waals surface area contributed by atoms with Crippen LogP contribution in [-0.2, 0) is 14.3 Å². The summed E-state index contributed by atoms with van der Waals surface area (Å²) >= 11 is 0. The third kappa shape index (κ3) is 3.85. The molecule has 0 saturated carbocycles. The van der Waals surface area contributed by atoms with Gasteiger partial charge in [-0.2, -0.15) is 0 Å². The highest BCUT2D eigenvalue weighted by Gasteiger charge is 2.23. The molecule has 1 rings (SSSR count). The molecule has 0 aromatic heterocycles. The van der Waals surface area contributed by atoms with Crippen molar-refractivity contribution in [1.82, 2.24) is 5.32 Å². The Kier molecular flexibility index (Phi) is 4.51. The molecule has 0 aromatic carbocycles. The number of aliphatic hydroxyl groups is 1. The Bertz CT molecular complexity index is 237. The van der Waals surface area contributed by atoms with Gasteiger partial charge in [0.15, 0.2) is 6.10 Å². The van der Waals surface area contributed by atoms with E-state index in [1.807, 2.05) is 0 Å². The van der Waals surface area contributed by atoms with Crippen molar-refractivity contribution in [1.29, 1.82) is 0 Å². The molecule has 6 heteroatoms. The first-order valence-corrected chi connectivity index (χ1v) is 4.91. The molecular formula is C9H15NO5. The summed E-state index contributed by atoms with van der Waals surface area (Å²) in [6.45, 7) is 0.738. The zero-order valence-electron chi connectivity index (χ0n) is 8.31. The van der Waals surface area contributed by atoms with Gasteiger partial charge < -0.3 is 20.3 Å². The first-order valence-electron chi connectivity index (χ1n) is 4.91. The molecule has 6 nitrogen and oxygen atoms in total. The van der Waals surface area contributed by atoms with Crippen LogP contribution < -0.4 is 5.32 Å². The fourth-order valence-electron chi connectivity index (χ4n) is 1.35. The Morgan fingerprint density at radius 2 is 2.27 bits per heavy atom. The SMILES string of the molecule is O=C(O)C(O)CCNC(=O)[C@@H]1CCCO1. The molecule has 1 amide bonds. The van der Waals surface area contributed by atoms with Gasteiger partial charge in [-0.05, 0) is 12.8 Å². The second-order valence-electron chi connectivity index (χ2n) is 3.44. The zero-order valence-corrected chi connectivity index (χ0v) is 8.31. The van der Waals surface area contributed by atoms with Crippen molar-refractivity contribution < 1.29 is 24.5 Å². The van der Waals surface area contributed by atoms with Crippen LogP contribution in [0, 0.1) is 0 Å². The van der Waals surface area contributed by atoms with Crippen LogP contribution >= 0.6 is 0 Å². The van der Waals surface area contributed by atoms with E-state index in [2.05, 4.69) is 5.32 Å². The molecule has 15 heavy (non-hydrogen) atoms. The Morgan fingerprint density at radius 3 is 2.80 bits per heavy atom. The minimum atomic E-state index is -1.42. The van der Waals surface area contributed by atoms with Crippen LogP contribution in [0.25, 0.3) is 0 Å². The minimum absolute atomic E-state index is 0.00773. The number of carbonyl (C=O) groups is 2. The van der Waals surface area contributed by atoms with Gasteiger partial charge in [0.25, 0.3) is 0 Å². The van der Waals surface area contributed by atoms with E-state index in [9.17, 15) is 9.59 Å². The second-order valence-corrected chi connectivity index (χ2v) is 3.44. The van der Waals surface area contributed by atoms with E-state index < -0.39 is 18.2 Å². The lowest BCUT2D eigenvalue weighted by molar-refractivity contribution is -0.147. The number of carbonyl (C=O) groups excluding carboxylic acids is 1. The number of hydrogen-bond acceptors (Lipinski definition) is 4. The monoisotopic (exact) mass is 217 g/mol. The minimum Gasteiger partial charge on any atom is -0.479 e. The number of aliphatic carboxylic acids is 1. The summed E-state index contributed by atoms with van der Waals surface area (Å²) in [6, 6.07) is 0. The summed E-state index contributed by atoms with van der Waals surface area (Å²) in [5.41, 5.74) is 0. The van der Waals surface area contributed by atoms with Gasteiger partial charge in [-0.3, -0.25) is 4.79 Å². The van der Waals surface area contributed by atoms with Crippen molar-refractivity contribution in [3.63, 3.8) is 0 Å². The first-order chi connectivity index (χ1) is 7.11. The Hall–Kier alpha value is -1.14. The van der Waals surface area contributed by atoms with Crippen LogP contribution in [0.15, 0.2) is 0 Å². The van der Waals surface area contributed by atoms with Crippen molar-refractivity contribution in [2.24, 2.45) is 0 Å². The first kappa shape index (κ1) is 11.9. The summed E-state index contributed by atoms with van der Waals surface area (Å²) in [4.78, 5) is 21.6. The second kappa shape index (κ2) is 5.67. The molecule has 0 aliphatic carbocycles. The highest BCUT2D eigenvalue weighted by atomic mass is 16.5. The van der Waals surface area contributed by atoms with Crippen LogP contribution in [-0.4, -0.2) is 47.4 Å². The molecule has 1 unspecified atom stereocenters. The number of ether oxygens (including phenoxy) is 1. The summed E-state index contributed by atoms with van der Waals surface area (Å²) in [5.74, 6) is -1.51. The molecule has 1 aliphatic rings. The number of carboxylic acid groups (broad SMARTS) is 1. The molecule has 0 radical (unpaired) electrons. The average molecular weight is 217 g/mol. The molecule has 1 fully saturated rings. The van der Waals surface area contributed by atoms with Gasteiger partial charge in [-0.15, -0.1) is 0 Å². The van der Waals surface area contributed by atoms with E-state index in [0.29, 0.717) is 13.0 Å². The average Bonchev–Trinajstić information content (AvgIpc) is 2.70. The topological polar surface area (TPSA) is 95.9 Å². The predicted octanol–water partition coefficient (Wildman–Crippen LogP) is -0.883. The molecule has 1 heterocycles. The van der Waals surface area contributed by atoms with Gasteiger partial charge in [0.1, 0.15) is 6.10 Å². The normalized spacial score (nSPS) is 22.3. The van der Waals surface area contributed by atoms with Crippen molar-refractivity contribution in [2.45, 2.75) is 31.5 Å². The molecule has 1 aliphatic heterocycles. The fourth-order valence-corrected chi connectivity index (χ4v) is 1.35. The van der Waals surface area contributed by atoms with Crippen molar-refractivity contribution in [2.75, 3.05) is 13.2 Å². The lowest BCUT2D eigenvalue weighted by Gasteiger charge is -2.11. The van der Waals surface area contributed by atoms with Gasteiger partial charge in [-0.1, -0.05) is 0 Å². The number of carboxylic acids is 1. The predicted molar refractivity (Wildman–Crippen MR) is 50.2 cm³/mol. The molecule has 0 spiro atoms. The Balaban J connectivity index is 2.14. The maximum absolute atomic E-state index is 11.3. The van der Waals surface area contributed by atoms with Crippen LogP contribution in [0.3, 0.4) is 0 Å². The summed E-state index contributed by atoms with van der Waals surface area (Å²) in [7, 11) is 0. The largest absolute Gasteiger partial charge is 0.479 e. The number of aliphatic hydroxyl groups excluding tert-OH is 1. The summed E-state index contributed by atoms with van der Waals surface area (Å²) in [5, 5.41) is 19.8. The number of hydrogen-bond donors (Lipinski definition) is 3. The van der Waals surface area contributed by atoms with Gasteiger partial charge in [0, 0.05) is 19.6 Å². The highest BCUT2D eigenvalue weighted by Crippen LogP contribution is 2.11. The third-order valence-corrected chi connectivity index (χ3v) is 2.22. The van der Waals surface area contributed by atoms with E-state index in [1.54, 1.807) is 0 Å². The van der Waals surface area contributed by atoms with Gasteiger partial charge in [0.2, 0.25) is 5.91 Å². The van der Waals surface area contributed by atoms with E-state index >= 15 is 0 Å². The van der Waals surface area contributed by atoms with E-state index in [4.69, 9.17) is 14.9 Å². The maximum atomic E-state index is 11.3. The molecule has 0 bridgehead atoms. The zero-order chi connectivity index (χ0) is 11.3. The van der Waals surface area contributed by atoms with Crippen LogP contribution in [0.1, 0.15) is 19.3 Å². The smallest absolute Gasteiger partial charge is 0.332 e. The molecule has 3 N–H and O–H groups in total. The van der Waals surface area contributed by atoms with E-state index in [0.717, 1.165) is 6.42 Å². The molecule has 86 valence electrons. The van der Waals surface area contributed by atoms with E-state index in [-0.39, 0.29) is 18.9 Å². The maximum Gasteiger partial charge on any atom is 0.332 e. The van der Waals surface area contributed by atoms with Gasteiger partial charge in [0.05, 0.1) is 0 Å². The quantitative estimate of drug-likeness (QED) is 0.555. The molecule has 0 aromatic rings. The van der Waals surface area contributed by atoms with Gasteiger partial charge in [-0.25, -0.2) is 4.79 Å². The summed E-state index contributed by atoms with van der Waals surface area (Å²) < 4.78 is 5.13. The third-order valence-electron chi connectivity index (χ3n) is 2.22. The molecular weight excluding hydrogens is 202 g/mol. The Morgan fingerprint density at radius 1 is 1.53 bits per heavy atom. The number of amides is 1. The highest BCUT2D eigenvalue weighted by molar-refractivity contribution is 5.81. The number of nitrogens with one attached hydrogen (secondary N) is 1. The Labute approximate surface area is 87.2 Å².